The largest absolute Gasteiger partial charge is 0.493 e. The lowest BCUT2D eigenvalue weighted by atomic mass is 10.3. The van der Waals surface area contributed by atoms with Crippen LogP contribution in [0.4, 0.5) is 4.79 Å². The molecule has 1 aliphatic rings. The second-order valence-electron chi connectivity index (χ2n) is 3.82. The Balaban J connectivity index is 0.000000383. The molecule has 1 saturated heterocycles. The van der Waals surface area contributed by atoms with Gasteiger partial charge in [0, 0.05) is 0 Å². The Hall–Kier alpha value is -2.04. The van der Waals surface area contributed by atoms with Gasteiger partial charge in [-0.15, -0.1) is 0 Å². The highest BCUT2D eigenvalue weighted by molar-refractivity contribution is 7.79. The lowest BCUT2D eigenvalue weighted by Crippen LogP contribution is -2.22. The minimum absolute atomic E-state index is 0.239. The SMILES string of the molecule is COc1ccccc1OCC1CNC(=O)O1.O=S(=O)(O)O. The summed E-state index contributed by atoms with van der Waals surface area (Å²) in [7, 11) is -3.08. The van der Waals surface area contributed by atoms with E-state index in [2.05, 4.69) is 5.32 Å². The first-order valence-electron chi connectivity index (χ1n) is 5.70. The molecule has 3 N–H and O–H groups in total. The lowest BCUT2D eigenvalue weighted by molar-refractivity contribution is 0.103. The first-order valence-corrected chi connectivity index (χ1v) is 7.09. The number of amides is 1. The van der Waals surface area contributed by atoms with Crippen molar-refractivity contribution in [3.63, 3.8) is 0 Å². The maximum Gasteiger partial charge on any atom is 0.407 e. The molecule has 9 nitrogen and oxygen atoms in total. The van der Waals surface area contributed by atoms with E-state index in [4.69, 9.17) is 31.7 Å². The Bertz CT molecular complexity index is 565. The predicted octanol–water partition coefficient (Wildman–Crippen LogP) is 0.530. The Kier molecular flexibility index (Phi) is 6.21. The van der Waals surface area contributed by atoms with Gasteiger partial charge >= 0.3 is 16.5 Å². The Labute approximate surface area is 121 Å². The van der Waals surface area contributed by atoms with Crippen molar-refractivity contribution >= 4 is 16.5 Å². The maximum absolute atomic E-state index is 10.8. The van der Waals surface area contributed by atoms with Gasteiger partial charge < -0.3 is 19.5 Å². The maximum atomic E-state index is 10.8. The second-order valence-corrected chi connectivity index (χ2v) is 4.71. The van der Waals surface area contributed by atoms with E-state index in [9.17, 15) is 4.79 Å². The number of methoxy groups -OCH3 is 1. The molecule has 1 unspecified atom stereocenters. The zero-order chi connectivity index (χ0) is 15.9. The highest BCUT2D eigenvalue weighted by Crippen LogP contribution is 2.26. The number of ether oxygens (including phenoxy) is 3. The van der Waals surface area contributed by atoms with Crippen molar-refractivity contribution in [3.05, 3.63) is 24.3 Å². The number of nitrogens with one attached hydrogen (secondary N) is 1. The van der Waals surface area contributed by atoms with Crippen LogP contribution in [0.5, 0.6) is 11.5 Å². The van der Waals surface area contributed by atoms with Crippen LogP contribution < -0.4 is 14.8 Å². The summed E-state index contributed by atoms with van der Waals surface area (Å²) in [5.41, 5.74) is 0. The average molecular weight is 321 g/mol. The van der Waals surface area contributed by atoms with Gasteiger partial charge in [0.1, 0.15) is 6.61 Å². The monoisotopic (exact) mass is 321 g/mol. The van der Waals surface area contributed by atoms with Crippen LogP contribution in [-0.2, 0) is 15.1 Å². The summed E-state index contributed by atoms with van der Waals surface area (Å²) < 4.78 is 47.2. The van der Waals surface area contributed by atoms with E-state index in [1.807, 2.05) is 24.3 Å². The van der Waals surface area contributed by atoms with Crippen LogP contribution in [0.3, 0.4) is 0 Å². The van der Waals surface area contributed by atoms with Crippen LogP contribution in [0.25, 0.3) is 0 Å². The van der Waals surface area contributed by atoms with Crippen LogP contribution in [-0.4, -0.2) is 50.0 Å². The Morgan fingerprint density at radius 3 is 2.38 bits per heavy atom. The van der Waals surface area contributed by atoms with Crippen LogP contribution in [0.15, 0.2) is 24.3 Å². The predicted molar refractivity (Wildman–Crippen MR) is 70.9 cm³/mol. The van der Waals surface area contributed by atoms with Crippen molar-refractivity contribution in [2.75, 3.05) is 20.3 Å². The molecule has 1 heterocycles. The van der Waals surface area contributed by atoms with Crippen LogP contribution in [0.1, 0.15) is 0 Å². The topological polar surface area (TPSA) is 131 Å². The molecule has 10 heteroatoms. The number of alkyl carbamates (subject to hydrolysis) is 1. The van der Waals surface area contributed by atoms with Gasteiger partial charge in [-0.3, -0.25) is 9.11 Å². The molecule has 0 bridgehead atoms. The van der Waals surface area contributed by atoms with Gasteiger partial charge in [-0.2, -0.15) is 8.42 Å². The fourth-order valence-electron chi connectivity index (χ4n) is 1.45. The third-order valence-electron chi connectivity index (χ3n) is 2.24. The molecule has 1 amide bonds. The molecule has 1 atom stereocenters. The summed E-state index contributed by atoms with van der Waals surface area (Å²) in [5.74, 6) is 1.31. The van der Waals surface area contributed by atoms with Gasteiger partial charge in [0.2, 0.25) is 0 Å². The molecule has 0 aliphatic carbocycles. The molecule has 2 rings (SSSR count). The fraction of sp³-hybridized carbons (Fsp3) is 0.364. The Morgan fingerprint density at radius 2 is 1.90 bits per heavy atom. The summed E-state index contributed by atoms with van der Waals surface area (Å²) in [6.07, 6.45) is -0.633. The number of carbonyl (C=O) groups is 1. The summed E-state index contributed by atoms with van der Waals surface area (Å²) in [6.45, 7) is 0.799. The third-order valence-corrected chi connectivity index (χ3v) is 2.24. The van der Waals surface area contributed by atoms with E-state index in [0.29, 0.717) is 24.7 Å². The van der Waals surface area contributed by atoms with Gasteiger partial charge in [-0.05, 0) is 12.1 Å². The van der Waals surface area contributed by atoms with Gasteiger partial charge in [0.25, 0.3) is 0 Å². The summed E-state index contributed by atoms with van der Waals surface area (Å²) in [5, 5.41) is 2.56. The van der Waals surface area contributed by atoms with Gasteiger partial charge in [-0.25, -0.2) is 4.79 Å². The number of hydrogen-bond acceptors (Lipinski definition) is 6. The van der Waals surface area contributed by atoms with Gasteiger partial charge in [0.05, 0.1) is 13.7 Å². The lowest BCUT2D eigenvalue weighted by Gasteiger charge is -2.12. The highest BCUT2D eigenvalue weighted by atomic mass is 32.3. The number of carbonyl (C=O) groups excluding carboxylic acids is 1. The molecule has 1 aromatic rings. The minimum Gasteiger partial charge on any atom is -0.493 e. The minimum atomic E-state index is -4.67. The normalized spacial score (nSPS) is 17.1. The van der Waals surface area contributed by atoms with Crippen molar-refractivity contribution in [3.8, 4) is 11.5 Å². The van der Waals surface area contributed by atoms with E-state index in [0.717, 1.165) is 0 Å². The molecule has 0 aromatic heterocycles. The van der Waals surface area contributed by atoms with Crippen molar-refractivity contribution < 1.29 is 36.5 Å². The van der Waals surface area contributed by atoms with Crippen molar-refractivity contribution in [2.24, 2.45) is 0 Å². The van der Waals surface area contributed by atoms with Crippen molar-refractivity contribution in [1.82, 2.24) is 5.32 Å². The molecule has 118 valence electrons. The summed E-state index contributed by atoms with van der Waals surface area (Å²) >= 11 is 0. The van der Waals surface area contributed by atoms with Crippen LogP contribution in [0.2, 0.25) is 0 Å². The number of rotatable bonds is 4. The zero-order valence-corrected chi connectivity index (χ0v) is 11.9. The molecular weight excluding hydrogens is 306 g/mol. The van der Waals surface area contributed by atoms with E-state index >= 15 is 0 Å². The van der Waals surface area contributed by atoms with Crippen LogP contribution >= 0.6 is 0 Å². The molecule has 1 aliphatic heterocycles. The number of para-hydroxylation sites is 2. The second kappa shape index (κ2) is 7.67. The standard InChI is InChI=1S/C11H13NO4.H2O4S/c1-14-9-4-2-3-5-10(9)15-7-8-6-12-11(13)16-8;1-5(2,3)4/h2-5,8H,6-7H2,1H3,(H,12,13);(H2,1,2,3,4). The molecule has 1 aromatic carbocycles. The molecule has 1 fully saturated rings. The number of benzene rings is 1. The molecular formula is C11H15NO8S. The fourth-order valence-corrected chi connectivity index (χ4v) is 1.45. The highest BCUT2D eigenvalue weighted by Gasteiger charge is 2.23. The quantitative estimate of drug-likeness (QED) is 0.684. The van der Waals surface area contributed by atoms with Gasteiger partial charge in [0.15, 0.2) is 17.6 Å². The average Bonchev–Trinajstić information content (AvgIpc) is 2.80. The summed E-state index contributed by atoms with van der Waals surface area (Å²) in [4.78, 5) is 10.8. The number of cyclic esters (lactones) is 1. The van der Waals surface area contributed by atoms with E-state index in [-0.39, 0.29) is 6.10 Å². The molecule has 0 spiro atoms. The van der Waals surface area contributed by atoms with Gasteiger partial charge in [-0.1, -0.05) is 12.1 Å². The molecule has 0 radical (unpaired) electrons. The molecule has 0 saturated carbocycles. The van der Waals surface area contributed by atoms with E-state index in [1.54, 1.807) is 7.11 Å². The van der Waals surface area contributed by atoms with Crippen molar-refractivity contribution in [1.29, 1.82) is 0 Å². The Morgan fingerprint density at radius 1 is 1.33 bits per heavy atom. The number of hydrogen-bond donors (Lipinski definition) is 3. The summed E-state index contributed by atoms with van der Waals surface area (Å²) in [6, 6.07) is 7.34. The van der Waals surface area contributed by atoms with E-state index in [1.165, 1.54) is 0 Å². The van der Waals surface area contributed by atoms with Crippen LogP contribution in [0, 0.1) is 0 Å². The third kappa shape index (κ3) is 7.34. The zero-order valence-electron chi connectivity index (χ0n) is 11.1. The smallest absolute Gasteiger partial charge is 0.407 e. The first-order chi connectivity index (χ1) is 9.79. The van der Waals surface area contributed by atoms with E-state index < -0.39 is 16.5 Å². The van der Waals surface area contributed by atoms with Crippen molar-refractivity contribution in [2.45, 2.75) is 6.10 Å². The molecule has 21 heavy (non-hydrogen) atoms. The first kappa shape index (κ1) is 17.0.